The summed E-state index contributed by atoms with van der Waals surface area (Å²) in [5.74, 6) is 10.6. The molecule has 3 rings (SSSR count). The highest BCUT2D eigenvalue weighted by Crippen LogP contribution is 2.25. The quantitative estimate of drug-likeness (QED) is 0.131. The molecule has 0 atom stereocenters. The molecule has 0 saturated heterocycles. The fourth-order valence-electron chi connectivity index (χ4n) is 4.08. The molecule has 0 aliphatic carbocycles. The van der Waals surface area contributed by atoms with Gasteiger partial charge in [-0.25, -0.2) is 9.59 Å². The van der Waals surface area contributed by atoms with Crippen molar-refractivity contribution in [1.82, 2.24) is 0 Å². The van der Waals surface area contributed by atoms with Crippen molar-refractivity contribution in [2.24, 2.45) is 0 Å². The smallest absolute Gasteiger partial charge is 0.335 e. The van der Waals surface area contributed by atoms with Crippen LogP contribution in [0.2, 0.25) is 0 Å². The molecule has 0 fully saturated rings. The zero-order valence-electron chi connectivity index (χ0n) is 22.8. The number of carboxylic acids is 2. The van der Waals surface area contributed by atoms with Gasteiger partial charge in [0.1, 0.15) is 5.75 Å². The summed E-state index contributed by atoms with van der Waals surface area (Å²) < 4.78 is 6.05. The molecule has 0 unspecified atom stereocenters. The van der Waals surface area contributed by atoms with Gasteiger partial charge >= 0.3 is 11.9 Å². The highest BCUT2D eigenvalue weighted by atomic mass is 16.5. The van der Waals surface area contributed by atoms with Crippen molar-refractivity contribution in [1.29, 1.82) is 0 Å². The van der Waals surface area contributed by atoms with E-state index in [4.69, 9.17) is 10.5 Å². The SMILES string of the molecule is CCCCCCCCCCOc1cc(C#Cc2cccc(C(=O)O)c2)c(N)c(C#Cc2cccc(C(=O)O)c2)c1. The van der Waals surface area contributed by atoms with E-state index in [1.807, 2.05) is 0 Å². The Hall–Kier alpha value is -4.68. The van der Waals surface area contributed by atoms with Crippen LogP contribution < -0.4 is 10.5 Å². The van der Waals surface area contributed by atoms with E-state index in [1.54, 1.807) is 36.4 Å². The lowest BCUT2D eigenvalue weighted by Crippen LogP contribution is -2.01. The Morgan fingerprint density at radius 3 is 1.65 bits per heavy atom. The van der Waals surface area contributed by atoms with Crippen molar-refractivity contribution in [3.05, 3.63) is 94.0 Å². The Bertz CT molecular complexity index is 1360. The number of nitrogens with two attached hydrogens (primary N) is 1. The molecule has 0 bridgehead atoms. The van der Waals surface area contributed by atoms with Gasteiger partial charge in [0, 0.05) is 11.1 Å². The number of nitrogen functional groups attached to an aromatic ring is 1. The Kier molecular flexibility index (Phi) is 11.7. The lowest BCUT2D eigenvalue weighted by atomic mass is 10.0. The van der Waals surface area contributed by atoms with Crippen molar-refractivity contribution in [2.75, 3.05) is 12.3 Å². The normalized spacial score (nSPS) is 10.1. The van der Waals surface area contributed by atoms with Gasteiger partial charge in [0.2, 0.25) is 0 Å². The second kappa shape index (κ2) is 15.7. The van der Waals surface area contributed by atoms with Gasteiger partial charge in [-0.2, -0.15) is 0 Å². The Balaban J connectivity index is 1.82. The van der Waals surface area contributed by atoms with Gasteiger partial charge in [-0.1, -0.05) is 87.7 Å². The second-order valence-corrected chi connectivity index (χ2v) is 9.53. The number of ether oxygens (including phenoxy) is 1. The summed E-state index contributed by atoms with van der Waals surface area (Å²) in [6, 6.07) is 16.3. The minimum absolute atomic E-state index is 0.150. The number of hydrogen-bond donors (Lipinski definition) is 3. The van der Waals surface area contributed by atoms with Gasteiger partial charge in [0.15, 0.2) is 0 Å². The fourth-order valence-corrected chi connectivity index (χ4v) is 4.08. The molecular weight excluding hydrogens is 502 g/mol. The van der Waals surface area contributed by atoms with E-state index in [-0.39, 0.29) is 11.1 Å². The molecule has 0 aliphatic heterocycles. The molecule has 6 nitrogen and oxygen atoms in total. The predicted molar refractivity (Wildman–Crippen MR) is 158 cm³/mol. The van der Waals surface area contributed by atoms with E-state index in [0.717, 1.165) is 12.8 Å². The lowest BCUT2D eigenvalue weighted by molar-refractivity contribution is 0.0686. The van der Waals surface area contributed by atoms with Crippen LogP contribution in [-0.2, 0) is 0 Å². The average molecular weight is 538 g/mol. The highest BCUT2D eigenvalue weighted by Gasteiger charge is 2.08. The van der Waals surface area contributed by atoms with Crippen LogP contribution >= 0.6 is 0 Å². The van der Waals surface area contributed by atoms with Crippen LogP contribution in [0, 0.1) is 23.7 Å². The third kappa shape index (κ3) is 9.57. The van der Waals surface area contributed by atoms with E-state index < -0.39 is 11.9 Å². The summed E-state index contributed by atoms with van der Waals surface area (Å²) in [4.78, 5) is 22.6. The van der Waals surface area contributed by atoms with Crippen molar-refractivity contribution in [3.8, 4) is 29.4 Å². The first-order valence-corrected chi connectivity index (χ1v) is 13.6. The number of benzene rings is 3. The monoisotopic (exact) mass is 537 g/mol. The minimum atomic E-state index is -1.02. The lowest BCUT2D eigenvalue weighted by Gasteiger charge is -2.10. The van der Waals surface area contributed by atoms with Gasteiger partial charge in [0.25, 0.3) is 0 Å². The molecule has 4 N–H and O–H groups in total. The van der Waals surface area contributed by atoms with Crippen LogP contribution in [0.25, 0.3) is 0 Å². The number of anilines is 1. The third-order valence-electron chi connectivity index (χ3n) is 6.32. The van der Waals surface area contributed by atoms with E-state index in [2.05, 4.69) is 30.6 Å². The Labute approximate surface area is 236 Å². The zero-order chi connectivity index (χ0) is 28.7. The standard InChI is InChI=1S/C34H35NO5/c1-2-3-4-5-6-7-8-9-20-40-31-23-27(18-16-25-12-10-14-29(21-25)33(36)37)32(35)28(24-31)19-17-26-13-11-15-30(22-26)34(38)39/h10-15,21-24H,2-9,20,35H2,1H3,(H,36,37)(H,38,39). The molecule has 0 radical (unpaired) electrons. The highest BCUT2D eigenvalue weighted by molar-refractivity contribution is 5.88. The molecule has 40 heavy (non-hydrogen) atoms. The number of rotatable bonds is 12. The molecule has 3 aromatic rings. The average Bonchev–Trinajstić information content (AvgIpc) is 2.95. The van der Waals surface area contributed by atoms with Crippen molar-refractivity contribution >= 4 is 17.6 Å². The molecule has 6 heteroatoms. The first-order chi connectivity index (χ1) is 19.4. The summed E-state index contributed by atoms with van der Waals surface area (Å²) in [6.45, 7) is 2.77. The van der Waals surface area contributed by atoms with Crippen LogP contribution in [0.4, 0.5) is 5.69 Å². The number of unbranched alkanes of at least 4 members (excludes halogenated alkanes) is 7. The molecule has 0 heterocycles. The predicted octanol–water partition coefficient (Wildman–Crippen LogP) is 6.98. The van der Waals surface area contributed by atoms with E-state index in [0.29, 0.717) is 40.3 Å². The van der Waals surface area contributed by atoms with Gasteiger partial charge in [-0.05, 0) is 55.0 Å². The molecule has 3 aromatic carbocycles. The summed E-state index contributed by atoms with van der Waals surface area (Å²) >= 11 is 0. The molecular formula is C34H35NO5. The number of aromatic carboxylic acids is 2. The van der Waals surface area contributed by atoms with Gasteiger partial charge in [-0.15, -0.1) is 0 Å². The maximum Gasteiger partial charge on any atom is 0.335 e. The van der Waals surface area contributed by atoms with Crippen LogP contribution in [-0.4, -0.2) is 28.8 Å². The fraction of sp³-hybridized carbons (Fsp3) is 0.294. The minimum Gasteiger partial charge on any atom is -0.494 e. The van der Waals surface area contributed by atoms with E-state index in [1.165, 1.54) is 62.8 Å². The molecule has 0 aliphatic rings. The van der Waals surface area contributed by atoms with Gasteiger partial charge in [0.05, 0.1) is 34.5 Å². The third-order valence-corrected chi connectivity index (χ3v) is 6.32. The number of hydrogen-bond acceptors (Lipinski definition) is 4. The maximum absolute atomic E-state index is 11.3. The summed E-state index contributed by atoms with van der Waals surface area (Å²) in [7, 11) is 0. The first-order valence-electron chi connectivity index (χ1n) is 13.6. The second-order valence-electron chi connectivity index (χ2n) is 9.53. The van der Waals surface area contributed by atoms with Crippen molar-refractivity contribution in [3.63, 3.8) is 0 Å². The van der Waals surface area contributed by atoms with Crippen LogP contribution in [0.5, 0.6) is 5.75 Å². The van der Waals surface area contributed by atoms with Gasteiger partial charge < -0.3 is 20.7 Å². The number of carboxylic acid groups (broad SMARTS) is 2. The van der Waals surface area contributed by atoms with E-state index >= 15 is 0 Å². The van der Waals surface area contributed by atoms with E-state index in [9.17, 15) is 19.8 Å². The first kappa shape index (κ1) is 29.9. The largest absolute Gasteiger partial charge is 0.494 e. The topological polar surface area (TPSA) is 110 Å². The maximum atomic E-state index is 11.3. The molecule has 0 spiro atoms. The Morgan fingerprint density at radius 1 is 0.700 bits per heavy atom. The van der Waals surface area contributed by atoms with Crippen molar-refractivity contribution in [2.45, 2.75) is 58.3 Å². The Morgan fingerprint density at radius 2 is 1.18 bits per heavy atom. The summed E-state index contributed by atoms with van der Waals surface area (Å²) in [6.07, 6.45) is 9.59. The van der Waals surface area contributed by atoms with Crippen LogP contribution in [0.1, 0.15) is 101 Å². The van der Waals surface area contributed by atoms with Crippen LogP contribution in [0.15, 0.2) is 60.7 Å². The summed E-state index contributed by atoms with van der Waals surface area (Å²) in [5, 5.41) is 18.5. The number of carbonyl (C=O) groups is 2. The zero-order valence-corrected chi connectivity index (χ0v) is 22.8. The van der Waals surface area contributed by atoms with Crippen LogP contribution in [0.3, 0.4) is 0 Å². The summed E-state index contributed by atoms with van der Waals surface area (Å²) in [5.41, 5.74) is 9.21. The molecule has 0 saturated carbocycles. The molecule has 0 aromatic heterocycles. The van der Waals surface area contributed by atoms with Gasteiger partial charge in [-0.3, -0.25) is 0 Å². The van der Waals surface area contributed by atoms with Crippen molar-refractivity contribution < 1.29 is 24.5 Å². The molecule has 206 valence electrons. The molecule has 0 amide bonds.